The molecule has 1 N–H and O–H groups in total. The lowest BCUT2D eigenvalue weighted by molar-refractivity contribution is -0.132. The average molecular weight is 271 g/mol. The molecule has 0 fully saturated rings. The molecule has 0 aliphatic rings. The Morgan fingerprint density at radius 2 is 2.20 bits per heavy atom. The molecule has 0 heterocycles. The van der Waals surface area contributed by atoms with Crippen LogP contribution in [0.5, 0.6) is 5.75 Å². The number of carbonyl (C=O) groups is 1. The molecule has 1 aromatic carbocycles. The Morgan fingerprint density at radius 1 is 1.53 bits per heavy atom. The molecule has 0 unspecified atom stereocenters. The van der Waals surface area contributed by atoms with Gasteiger partial charge in [-0.25, -0.2) is 4.79 Å². The van der Waals surface area contributed by atoms with Crippen LogP contribution in [0.15, 0.2) is 28.2 Å². The number of carboxylic acids is 1. The van der Waals surface area contributed by atoms with E-state index in [1.54, 1.807) is 32.2 Å². The first kappa shape index (κ1) is 11.8. The van der Waals surface area contributed by atoms with E-state index in [0.717, 1.165) is 15.8 Å². The Morgan fingerprint density at radius 3 is 2.67 bits per heavy atom. The number of halogens is 1. The van der Waals surface area contributed by atoms with Crippen molar-refractivity contribution >= 4 is 28.0 Å². The molecule has 1 rings (SSSR count). The summed E-state index contributed by atoms with van der Waals surface area (Å²) in [6, 6.07) is 5.40. The molecular weight excluding hydrogens is 260 g/mol. The van der Waals surface area contributed by atoms with Crippen LogP contribution >= 0.6 is 15.9 Å². The van der Waals surface area contributed by atoms with Crippen molar-refractivity contribution in [2.45, 2.75) is 6.92 Å². The summed E-state index contributed by atoms with van der Waals surface area (Å²) in [5.74, 6) is -0.193. The summed E-state index contributed by atoms with van der Waals surface area (Å²) < 4.78 is 5.87. The van der Waals surface area contributed by atoms with Crippen LogP contribution in [-0.4, -0.2) is 18.2 Å². The van der Waals surface area contributed by atoms with Crippen molar-refractivity contribution in [3.05, 3.63) is 33.8 Å². The minimum absolute atomic E-state index is 0.298. The summed E-state index contributed by atoms with van der Waals surface area (Å²) in [6.45, 7) is 1.56. The predicted molar refractivity (Wildman–Crippen MR) is 62.0 cm³/mol. The molecule has 0 aromatic heterocycles. The maximum atomic E-state index is 10.6. The third-order valence-corrected chi connectivity index (χ3v) is 2.52. The average Bonchev–Trinajstić information content (AvgIpc) is 2.18. The second-order valence-corrected chi connectivity index (χ2v) is 3.88. The Kier molecular flexibility index (Phi) is 3.91. The van der Waals surface area contributed by atoms with Crippen LogP contribution in [-0.2, 0) is 4.79 Å². The van der Waals surface area contributed by atoms with Crippen molar-refractivity contribution in [1.29, 1.82) is 0 Å². The van der Waals surface area contributed by atoms with E-state index in [0.29, 0.717) is 5.57 Å². The van der Waals surface area contributed by atoms with Gasteiger partial charge in [0.15, 0.2) is 0 Å². The highest BCUT2D eigenvalue weighted by Gasteiger charge is 2.02. The van der Waals surface area contributed by atoms with Gasteiger partial charge < -0.3 is 9.84 Å². The number of hydrogen-bond donors (Lipinski definition) is 1. The van der Waals surface area contributed by atoms with Crippen LogP contribution in [0.3, 0.4) is 0 Å². The molecule has 0 aliphatic heterocycles. The Bertz CT molecular complexity index is 410. The fourth-order valence-corrected chi connectivity index (χ4v) is 1.64. The topological polar surface area (TPSA) is 46.5 Å². The fourth-order valence-electron chi connectivity index (χ4n) is 1.08. The largest absolute Gasteiger partial charge is 0.496 e. The first-order chi connectivity index (χ1) is 7.04. The number of methoxy groups -OCH3 is 1. The molecule has 1 aromatic rings. The van der Waals surface area contributed by atoms with Gasteiger partial charge in [-0.3, -0.25) is 0 Å². The van der Waals surface area contributed by atoms with Crippen molar-refractivity contribution in [2.75, 3.05) is 7.11 Å². The van der Waals surface area contributed by atoms with E-state index in [2.05, 4.69) is 15.9 Å². The van der Waals surface area contributed by atoms with E-state index in [4.69, 9.17) is 9.84 Å². The zero-order valence-corrected chi connectivity index (χ0v) is 10.0. The van der Waals surface area contributed by atoms with Crippen LogP contribution in [0, 0.1) is 0 Å². The molecule has 0 bridgehead atoms. The highest BCUT2D eigenvalue weighted by molar-refractivity contribution is 9.10. The normalized spacial score (nSPS) is 11.3. The molecule has 0 saturated carbocycles. The van der Waals surface area contributed by atoms with Crippen LogP contribution < -0.4 is 4.74 Å². The van der Waals surface area contributed by atoms with Crippen LogP contribution in [0.4, 0.5) is 0 Å². The summed E-state index contributed by atoms with van der Waals surface area (Å²) in [5, 5.41) is 8.71. The standard InChI is InChI=1S/C11H11BrO3/c1-7(11(13)14)5-8-3-4-10(15-2)9(12)6-8/h3-6H,1-2H3,(H,13,14)/b7-5-. The lowest BCUT2D eigenvalue weighted by atomic mass is 10.1. The smallest absolute Gasteiger partial charge is 0.331 e. The monoisotopic (exact) mass is 270 g/mol. The van der Waals surface area contributed by atoms with Crippen molar-refractivity contribution in [3.63, 3.8) is 0 Å². The zero-order chi connectivity index (χ0) is 11.4. The fraction of sp³-hybridized carbons (Fsp3) is 0.182. The minimum Gasteiger partial charge on any atom is -0.496 e. The molecule has 3 nitrogen and oxygen atoms in total. The third-order valence-electron chi connectivity index (χ3n) is 1.90. The van der Waals surface area contributed by atoms with E-state index in [-0.39, 0.29) is 0 Å². The second-order valence-electron chi connectivity index (χ2n) is 3.03. The van der Waals surface area contributed by atoms with Gasteiger partial charge in [0.25, 0.3) is 0 Å². The summed E-state index contributed by atoms with van der Waals surface area (Å²) in [6.07, 6.45) is 1.60. The molecule has 0 aliphatic carbocycles. The second kappa shape index (κ2) is 4.98. The Hall–Kier alpha value is -1.29. The van der Waals surface area contributed by atoms with E-state index in [9.17, 15) is 4.79 Å². The van der Waals surface area contributed by atoms with E-state index >= 15 is 0 Å². The van der Waals surface area contributed by atoms with Gasteiger partial charge in [0, 0.05) is 5.57 Å². The number of aliphatic carboxylic acids is 1. The number of carboxylic acid groups (broad SMARTS) is 1. The van der Waals surface area contributed by atoms with Crippen molar-refractivity contribution < 1.29 is 14.6 Å². The lowest BCUT2D eigenvalue weighted by Gasteiger charge is -2.03. The van der Waals surface area contributed by atoms with Gasteiger partial charge in [0.1, 0.15) is 5.75 Å². The van der Waals surface area contributed by atoms with Crippen LogP contribution in [0.1, 0.15) is 12.5 Å². The van der Waals surface area contributed by atoms with Gasteiger partial charge >= 0.3 is 5.97 Å². The lowest BCUT2D eigenvalue weighted by Crippen LogP contribution is -1.95. The molecule has 15 heavy (non-hydrogen) atoms. The van der Waals surface area contributed by atoms with Crippen molar-refractivity contribution in [2.24, 2.45) is 0 Å². The SMILES string of the molecule is COc1ccc(/C=C(/C)C(=O)O)cc1Br. The van der Waals surface area contributed by atoms with Gasteiger partial charge in [-0.2, -0.15) is 0 Å². The highest BCUT2D eigenvalue weighted by Crippen LogP contribution is 2.26. The quantitative estimate of drug-likeness (QED) is 0.860. The molecule has 0 spiro atoms. The molecule has 4 heteroatoms. The van der Waals surface area contributed by atoms with Crippen molar-refractivity contribution in [3.8, 4) is 5.75 Å². The minimum atomic E-state index is -0.915. The highest BCUT2D eigenvalue weighted by atomic mass is 79.9. The number of rotatable bonds is 3. The first-order valence-corrected chi connectivity index (χ1v) is 5.09. The predicted octanol–water partition coefficient (Wildman–Crippen LogP) is 2.95. The van der Waals surface area contributed by atoms with E-state index < -0.39 is 5.97 Å². The maximum Gasteiger partial charge on any atom is 0.331 e. The zero-order valence-electron chi connectivity index (χ0n) is 8.45. The summed E-state index contributed by atoms with van der Waals surface area (Å²) in [7, 11) is 1.58. The molecule has 0 saturated heterocycles. The maximum absolute atomic E-state index is 10.6. The van der Waals surface area contributed by atoms with Gasteiger partial charge in [0.2, 0.25) is 0 Å². The molecule has 0 atom stereocenters. The molecular formula is C11H11BrO3. The molecule has 80 valence electrons. The van der Waals surface area contributed by atoms with Gasteiger partial charge in [-0.1, -0.05) is 6.07 Å². The van der Waals surface area contributed by atoms with Crippen molar-refractivity contribution in [1.82, 2.24) is 0 Å². The molecule has 0 radical (unpaired) electrons. The summed E-state index contributed by atoms with van der Waals surface area (Å²) in [4.78, 5) is 10.6. The van der Waals surface area contributed by atoms with Gasteiger partial charge in [-0.15, -0.1) is 0 Å². The van der Waals surface area contributed by atoms with Crippen LogP contribution in [0.25, 0.3) is 6.08 Å². The number of ether oxygens (including phenoxy) is 1. The number of benzene rings is 1. The van der Waals surface area contributed by atoms with E-state index in [1.165, 1.54) is 0 Å². The Balaban J connectivity index is 3.03. The van der Waals surface area contributed by atoms with Crippen LogP contribution in [0.2, 0.25) is 0 Å². The number of hydrogen-bond acceptors (Lipinski definition) is 2. The molecule has 0 amide bonds. The van der Waals surface area contributed by atoms with E-state index in [1.807, 2.05) is 6.07 Å². The first-order valence-electron chi connectivity index (χ1n) is 4.29. The van der Waals surface area contributed by atoms with Gasteiger partial charge in [0.05, 0.1) is 11.6 Å². The van der Waals surface area contributed by atoms with Gasteiger partial charge in [-0.05, 0) is 46.6 Å². The summed E-state index contributed by atoms with van der Waals surface area (Å²) in [5.41, 5.74) is 1.12. The third kappa shape index (κ3) is 3.09. The summed E-state index contributed by atoms with van der Waals surface area (Å²) >= 11 is 3.33. The Labute approximate surface area is 96.5 Å².